The number of nitrogens with zero attached hydrogens (tertiary/aromatic N) is 2. The van der Waals surface area contributed by atoms with Gasteiger partial charge in [0.1, 0.15) is 6.33 Å². The number of hydrogen-bond acceptors (Lipinski definition) is 4. The van der Waals surface area contributed by atoms with Crippen LogP contribution in [0.15, 0.2) is 17.8 Å². The molecule has 0 amide bonds. The highest BCUT2D eigenvalue weighted by molar-refractivity contribution is 7.17. The van der Waals surface area contributed by atoms with Crippen molar-refractivity contribution in [1.29, 1.82) is 0 Å². The van der Waals surface area contributed by atoms with Crippen LogP contribution >= 0.6 is 11.3 Å². The average molecular weight is 249 g/mol. The number of rotatable bonds is 3. The molecule has 0 saturated heterocycles. The van der Waals surface area contributed by atoms with Crippen LogP contribution in [-0.2, 0) is 6.42 Å². The Bertz CT molecular complexity index is 499. The second kappa shape index (κ2) is 4.70. The van der Waals surface area contributed by atoms with E-state index in [1.807, 2.05) is 7.05 Å². The minimum absolute atomic E-state index is 0.225. The van der Waals surface area contributed by atoms with Gasteiger partial charge >= 0.3 is 0 Å². The van der Waals surface area contributed by atoms with E-state index < -0.39 is 0 Å². The quantitative estimate of drug-likeness (QED) is 0.909. The number of thiophene rings is 1. The summed E-state index contributed by atoms with van der Waals surface area (Å²) in [5.74, 6) is 0. The highest BCUT2D eigenvalue weighted by Gasteiger charge is 2.24. The van der Waals surface area contributed by atoms with Crippen molar-refractivity contribution in [3.05, 3.63) is 23.5 Å². The van der Waals surface area contributed by atoms with Crippen LogP contribution in [-0.4, -0.2) is 23.1 Å². The standard InChI is InChI=1S/C13H19N3S/c1-13(2,3)11(14-4)7-10-12-9(5-6-17-12)15-8-16-10/h5-6,8,11,14H,7H2,1-4H3. The Kier molecular flexibility index (Phi) is 3.45. The lowest BCUT2D eigenvalue weighted by Crippen LogP contribution is -2.40. The molecule has 0 bridgehead atoms. The highest BCUT2D eigenvalue weighted by Crippen LogP contribution is 2.26. The fraction of sp³-hybridized carbons (Fsp3) is 0.538. The van der Waals surface area contributed by atoms with Crippen molar-refractivity contribution < 1.29 is 0 Å². The molecule has 0 aliphatic carbocycles. The monoisotopic (exact) mass is 249 g/mol. The fourth-order valence-electron chi connectivity index (χ4n) is 2.02. The van der Waals surface area contributed by atoms with Crippen molar-refractivity contribution in [2.75, 3.05) is 7.05 Å². The summed E-state index contributed by atoms with van der Waals surface area (Å²) in [6, 6.07) is 2.47. The first-order valence-electron chi connectivity index (χ1n) is 5.86. The number of hydrogen-bond donors (Lipinski definition) is 1. The molecule has 0 aromatic carbocycles. The molecule has 17 heavy (non-hydrogen) atoms. The van der Waals surface area contributed by atoms with Crippen molar-refractivity contribution in [3.63, 3.8) is 0 Å². The zero-order valence-electron chi connectivity index (χ0n) is 10.8. The summed E-state index contributed by atoms with van der Waals surface area (Å²) in [6.45, 7) is 6.75. The Labute approximate surface area is 106 Å². The molecule has 1 unspecified atom stereocenters. The van der Waals surface area contributed by atoms with E-state index in [9.17, 15) is 0 Å². The molecule has 2 heterocycles. The molecule has 0 spiro atoms. The van der Waals surface area contributed by atoms with E-state index in [0.717, 1.165) is 17.6 Å². The zero-order valence-corrected chi connectivity index (χ0v) is 11.6. The molecule has 1 atom stereocenters. The van der Waals surface area contributed by atoms with Gasteiger partial charge in [0.2, 0.25) is 0 Å². The second-order valence-corrected chi connectivity index (χ2v) is 6.28. The van der Waals surface area contributed by atoms with Gasteiger partial charge in [-0.25, -0.2) is 9.97 Å². The summed E-state index contributed by atoms with van der Waals surface area (Å²) in [5.41, 5.74) is 2.44. The van der Waals surface area contributed by atoms with Gasteiger partial charge in [-0.2, -0.15) is 0 Å². The Morgan fingerprint density at radius 1 is 1.35 bits per heavy atom. The van der Waals surface area contributed by atoms with Crippen molar-refractivity contribution in [3.8, 4) is 0 Å². The van der Waals surface area contributed by atoms with Crippen LogP contribution in [0.1, 0.15) is 26.5 Å². The van der Waals surface area contributed by atoms with Gasteiger partial charge in [-0.1, -0.05) is 20.8 Å². The van der Waals surface area contributed by atoms with E-state index in [0.29, 0.717) is 6.04 Å². The van der Waals surface area contributed by atoms with E-state index in [1.165, 1.54) is 4.70 Å². The van der Waals surface area contributed by atoms with Gasteiger partial charge in [-0.15, -0.1) is 11.3 Å². The van der Waals surface area contributed by atoms with Crippen LogP contribution < -0.4 is 5.32 Å². The van der Waals surface area contributed by atoms with Gasteiger partial charge in [0, 0.05) is 12.5 Å². The van der Waals surface area contributed by atoms with Gasteiger partial charge in [0.05, 0.1) is 15.9 Å². The van der Waals surface area contributed by atoms with E-state index in [2.05, 4.69) is 47.5 Å². The third-order valence-corrected chi connectivity index (χ3v) is 4.06. The molecule has 0 fully saturated rings. The molecule has 0 aliphatic rings. The van der Waals surface area contributed by atoms with Crippen LogP contribution in [0.5, 0.6) is 0 Å². The van der Waals surface area contributed by atoms with Crippen LogP contribution in [0, 0.1) is 5.41 Å². The SMILES string of the molecule is CNC(Cc1ncnc2ccsc12)C(C)(C)C. The van der Waals surface area contributed by atoms with Crippen molar-refractivity contribution in [2.24, 2.45) is 5.41 Å². The maximum atomic E-state index is 4.44. The first-order valence-corrected chi connectivity index (χ1v) is 6.74. The summed E-state index contributed by atoms with van der Waals surface area (Å²) in [7, 11) is 2.02. The maximum Gasteiger partial charge on any atom is 0.116 e. The normalized spacial score (nSPS) is 14.1. The molecule has 2 aromatic rings. The van der Waals surface area contributed by atoms with E-state index in [4.69, 9.17) is 0 Å². The molecular weight excluding hydrogens is 230 g/mol. The third-order valence-electron chi connectivity index (χ3n) is 3.11. The first-order chi connectivity index (χ1) is 8.02. The van der Waals surface area contributed by atoms with Crippen LogP contribution in [0.2, 0.25) is 0 Å². The third kappa shape index (κ3) is 2.64. The maximum absolute atomic E-state index is 4.44. The van der Waals surface area contributed by atoms with Crippen LogP contribution in [0.3, 0.4) is 0 Å². The van der Waals surface area contributed by atoms with Gasteiger partial charge < -0.3 is 5.32 Å². The molecule has 2 rings (SSSR count). The minimum atomic E-state index is 0.225. The van der Waals surface area contributed by atoms with E-state index >= 15 is 0 Å². The van der Waals surface area contributed by atoms with Crippen molar-refractivity contribution in [2.45, 2.75) is 33.2 Å². The Morgan fingerprint density at radius 3 is 2.76 bits per heavy atom. The van der Waals surface area contributed by atoms with Gasteiger partial charge in [-0.3, -0.25) is 0 Å². The fourth-order valence-corrected chi connectivity index (χ4v) is 2.87. The Morgan fingerprint density at radius 2 is 2.12 bits per heavy atom. The number of fused-ring (bicyclic) bond motifs is 1. The molecule has 3 nitrogen and oxygen atoms in total. The molecule has 92 valence electrons. The van der Waals surface area contributed by atoms with Crippen LogP contribution in [0.25, 0.3) is 10.2 Å². The predicted molar refractivity (Wildman–Crippen MR) is 73.4 cm³/mol. The molecule has 1 N–H and O–H groups in total. The molecule has 0 aliphatic heterocycles. The lowest BCUT2D eigenvalue weighted by Gasteiger charge is -2.30. The number of aromatic nitrogens is 2. The second-order valence-electron chi connectivity index (χ2n) is 5.37. The predicted octanol–water partition coefficient (Wildman–Crippen LogP) is 2.87. The lowest BCUT2D eigenvalue weighted by atomic mass is 9.84. The number of nitrogens with one attached hydrogen (secondary N) is 1. The van der Waals surface area contributed by atoms with E-state index in [1.54, 1.807) is 17.7 Å². The minimum Gasteiger partial charge on any atom is -0.316 e. The highest BCUT2D eigenvalue weighted by atomic mass is 32.1. The summed E-state index contributed by atoms with van der Waals surface area (Å²) < 4.78 is 1.22. The Balaban J connectivity index is 2.31. The molecule has 4 heteroatoms. The summed E-state index contributed by atoms with van der Waals surface area (Å²) in [5, 5.41) is 5.47. The van der Waals surface area contributed by atoms with Gasteiger partial charge in [0.15, 0.2) is 0 Å². The number of likely N-dealkylation sites (N-methyl/N-ethyl adjacent to an activating group) is 1. The Hall–Kier alpha value is -1.000. The van der Waals surface area contributed by atoms with Crippen molar-refractivity contribution in [1.82, 2.24) is 15.3 Å². The van der Waals surface area contributed by atoms with Gasteiger partial charge in [0.25, 0.3) is 0 Å². The average Bonchev–Trinajstić information content (AvgIpc) is 2.72. The van der Waals surface area contributed by atoms with E-state index in [-0.39, 0.29) is 5.41 Å². The molecular formula is C13H19N3S. The molecule has 0 saturated carbocycles. The molecule has 0 radical (unpaired) electrons. The lowest BCUT2D eigenvalue weighted by molar-refractivity contribution is 0.279. The van der Waals surface area contributed by atoms with Gasteiger partial charge in [-0.05, 0) is 23.9 Å². The summed E-state index contributed by atoms with van der Waals surface area (Å²) >= 11 is 1.72. The summed E-state index contributed by atoms with van der Waals surface area (Å²) in [6.07, 6.45) is 2.61. The largest absolute Gasteiger partial charge is 0.316 e. The smallest absolute Gasteiger partial charge is 0.116 e. The van der Waals surface area contributed by atoms with Crippen LogP contribution in [0.4, 0.5) is 0 Å². The first kappa shape index (κ1) is 12.5. The summed E-state index contributed by atoms with van der Waals surface area (Å²) in [4.78, 5) is 8.72. The van der Waals surface area contributed by atoms with Crippen molar-refractivity contribution >= 4 is 21.6 Å². The zero-order chi connectivity index (χ0) is 12.5. The molecule has 2 aromatic heterocycles. The topological polar surface area (TPSA) is 37.8 Å².